The van der Waals surface area contributed by atoms with Gasteiger partial charge in [0.05, 0.1) is 6.10 Å². The molecule has 0 amide bonds. The highest BCUT2D eigenvalue weighted by atomic mass is 16.5. The van der Waals surface area contributed by atoms with Gasteiger partial charge in [0.25, 0.3) is 0 Å². The number of phenols is 2. The highest BCUT2D eigenvalue weighted by molar-refractivity contribution is 5.98. The molecule has 4 aromatic carbocycles. The number of aromatic hydroxyl groups is 2. The number of phenolic OH excluding ortho intramolecular Hbond substituents is 2. The first-order valence-corrected chi connectivity index (χ1v) is 18.3. The number of allylic oxidation sites excluding steroid dienone is 1. The molecule has 3 aliphatic rings. The maximum Gasteiger partial charge on any atom is 0.119 e. The molecule has 49 heavy (non-hydrogen) atoms. The van der Waals surface area contributed by atoms with E-state index in [1.807, 2.05) is 30.3 Å². The number of aliphatic hydroxyl groups excluding tert-OH is 1. The standard InChI is InChI=1S/C44H51NO4/c1-4-37(29-8-6-5-7-9-29)42(30-10-15-34(46)16-11-30)31-12-17-36(18-13-31)49-25-24-45(3)28-33-27-35(47)26-32-14-19-38-39(43(32)33)22-23-44(2)40(38)20-21-41(44)48/h5-13,15-18,26-27,38-41,46-48H,4,14,19-25,28H2,1-3H3/b42-37-/t38-,39+,40+,41-,44+/m1/s1. The molecule has 3 N–H and O–H groups in total. The van der Waals surface area contributed by atoms with Crippen LogP contribution < -0.4 is 4.74 Å². The van der Waals surface area contributed by atoms with Gasteiger partial charge in [-0.1, -0.05) is 68.4 Å². The Bertz CT molecular complexity index is 1780. The molecule has 0 radical (unpaired) electrons. The number of nitrogens with zero attached hydrogens (tertiary/aromatic N) is 1. The van der Waals surface area contributed by atoms with Gasteiger partial charge in [0.2, 0.25) is 0 Å². The van der Waals surface area contributed by atoms with Crippen molar-refractivity contribution in [3.8, 4) is 17.2 Å². The monoisotopic (exact) mass is 657 g/mol. The zero-order valence-electron chi connectivity index (χ0n) is 29.2. The Hall–Kier alpha value is -4.06. The number of fused-ring (bicyclic) bond motifs is 5. The first-order chi connectivity index (χ1) is 23.7. The summed E-state index contributed by atoms with van der Waals surface area (Å²) in [5.74, 6) is 3.19. The summed E-state index contributed by atoms with van der Waals surface area (Å²) in [5.41, 5.74) is 9.88. The molecular formula is C44H51NO4. The van der Waals surface area contributed by atoms with E-state index in [0.29, 0.717) is 30.1 Å². The van der Waals surface area contributed by atoms with Crippen molar-refractivity contribution in [2.45, 2.75) is 77.4 Å². The van der Waals surface area contributed by atoms with Crippen LogP contribution in [0.2, 0.25) is 0 Å². The lowest BCUT2D eigenvalue weighted by molar-refractivity contribution is -0.0228. The molecule has 3 aliphatic carbocycles. The number of hydrogen-bond donors (Lipinski definition) is 3. The largest absolute Gasteiger partial charge is 0.508 e. The van der Waals surface area contributed by atoms with Gasteiger partial charge >= 0.3 is 0 Å². The molecule has 2 fully saturated rings. The van der Waals surface area contributed by atoms with E-state index < -0.39 is 0 Å². The lowest BCUT2D eigenvalue weighted by atomic mass is 9.55. The van der Waals surface area contributed by atoms with Gasteiger partial charge in [-0.05, 0) is 156 Å². The van der Waals surface area contributed by atoms with Gasteiger partial charge in [0.15, 0.2) is 0 Å². The molecule has 0 saturated heterocycles. The Balaban J connectivity index is 1.04. The molecule has 0 bridgehead atoms. The van der Waals surface area contributed by atoms with Crippen LogP contribution in [0.4, 0.5) is 0 Å². The van der Waals surface area contributed by atoms with Gasteiger partial charge in [0.1, 0.15) is 23.9 Å². The number of benzene rings is 4. The average molecular weight is 658 g/mol. The molecule has 0 aliphatic heterocycles. The summed E-state index contributed by atoms with van der Waals surface area (Å²) in [6, 6.07) is 30.3. The molecule has 5 heteroatoms. The van der Waals surface area contributed by atoms with E-state index in [0.717, 1.165) is 80.5 Å². The highest BCUT2D eigenvalue weighted by Crippen LogP contribution is 2.61. The average Bonchev–Trinajstić information content (AvgIpc) is 3.42. The van der Waals surface area contributed by atoms with Crippen LogP contribution in [-0.4, -0.2) is 46.5 Å². The van der Waals surface area contributed by atoms with E-state index in [2.05, 4.69) is 74.3 Å². The van der Waals surface area contributed by atoms with Crippen molar-refractivity contribution in [1.82, 2.24) is 4.90 Å². The first kappa shape index (κ1) is 33.4. The van der Waals surface area contributed by atoms with E-state index in [9.17, 15) is 15.3 Å². The lowest BCUT2D eigenvalue weighted by Crippen LogP contribution is -2.44. The molecule has 0 spiro atoms. The summed E-state index contributed by atoms with van der Waals surface area (Å²) in [6.45, 7) is 6.62. The third-order valence-corrected chi connectivity index (χ3v) is 12.1. The molecule has 0 heterocycles. The molecule has 256 valence electrons. The third-order valence-electron chi connectivity index (χ3n) is 12.1. The van der Waals surface area contributed by atoms with Crippen molar-refractivity contribution in [3.63, 3.8) is 0 Å². The van der Waals surface area contributed by atoms with Crippen LogP contribution >= 0.6 is 0 Å². The van der Waals surface area contributed by atoms with Gasteiger partial charge in [-0.25, -0.2) is 0 Å². The number of likely N-dealkylation sites (N-methyl/N-ethyl adjacent to an activating group) is 1. The van der Waals surface area contributed by atoms with Crippen molar-refractivity contribution in [2.24, 2.45) is 17.3 Å². The van der Waals surface area contributed by atoms with Gasteiger partial charge < -0.3 is 20.1 Å². The minimum Gasteiger partial charge on any atom is -0.508 e. The second-order valence-electron chi connectivity index (χ2n) is 15.0. The number of ether oxygens (including phenoxy) is 1. The molecule has 0 unspecified atom stereocenters. The predicted octanol–water partition coefficient (Wildman–Crippen LogP) is 9.19. The molecule has 0 aromatic heterocycles. The second-order valence-corrected chi connectivity index (χ2v) is 15.0. The Morgan fingerprint density at radius 1 is 0.837 bits per heavy atom. The lowest BCUT2D eigenvalue weighted by Gasteiger charge is -2.50. The van der Waals surface area contributed by atoms with Crippen molar-refractivity contribution in [1.29, 1.82) is 0 Å². The molecule has 4 aromatic rings. The van der Waals surface area contributed by atoms with Crippen LogP contribution in [0.25, 0.3) is 11.1 Å². The summed E-state index contributed by atoms with van der Waals surface area (Å²) in [5, 5.41) is 31.5. The van der Waals surface area contributed by atoms with Gasteiger partial charge in [-0.15, -0.1) is 0 Å². The highest BCUT2D eigenvalue weighted by Gasteiger charge is 2.54. The van der Waals surface area contributed by atoms with E-state index in [4.69, 9.17) is 4.74 Å². The van der Waals surface area contributed by atoms with Gasteiger partial charge in [-0.2, -0.15) is 0 Å². The van der Waals surface area contributed by atoms with Crippen molar-refractivity contribution in [3.05, 3.63) is 124 Å². The second kappa shape index (κ2) is 14.0. The van der Waals surface area contributed by atoms with Gasteiger partial charge in [-0.3, -0.25) is 4.90 Å². The summed E-state index contributed by atoms with van der Waals surface area (Å²) >= 11 is 0. The number of aryl methyl sites for hydroxylation is 1. The fourth-order valence-electron chi connectivity index (χ4n) is 9.63. The fourth-order valence-corrected chi connectivity index (χ4v) is 9.63. The zero-order valence-corrected chi connectivity index (χ0v) is 29.2. The van der Waals surface area contributed by atoms with Crippen LogP contribution in [-0.2, 0) is 13.0 Å². The summed E-state index contributed by atoms with van der Waals surface area (Å²) in [6.07, 6.45) is 7.17. The third kappa shape index (κ3) is 6.63. The first-order valence-electron chi connectivity index (χ1n) is 18.3. The van der Waals surface area contributed by atoms with Crippen LogP contribution in [0.5, 0.6) is 17.2 Å². The Kier molecular flexibility index (Phi) is 9.59. The summed E-state index contributed by atoms with van der Waals surface area (Å²) in [4.78, 5) is 2.30. The Morgan fingerprint density at radius 2 is 1.55 bits per heavy atom. The Morgan fingerprint density at radius 3 is 2.27 bits per heavy atom. The van der Waals surface area contributed by atoms with Crippen molar-refractivity contribution in [2.75, 3.05) is 20.2 Å². The Labute approximate surface area is 291 Å². The predicted molar refractivity (Wildman–Crippen MR) is 198 cm³/mol. The van der Waals surface area contributed by atoms with Crippen LogP contribution in [0.1, 0.15) is 91.7 Å². The molecule has 5 nitrogen and oxygen atoms in total. The van der Waals surface area contributed by atoms with E-state index in [1.165, 1.54) is 27.8 Å². The van der Waals surface area contributed by atoms with Crippen LogP contribution in [0, 0.1) is 17.3 Å². The summed E-state index contributed by atoms with van der Waals surface area (Å²) < 4.78 is 6.27. The maximum atomic E-state index is 10.9. The minimum atomic E-state index is -0.164. The smallest absolute Gasteiger partial charge is 0.119 e. The van der Waals surface area contributed by atoms with Crippen molar-refractivity contribution >= 4 is 11.1 Å². The van der Waals surface area contributed by atoms with Crippen molar-refractivity contribution < 1.29 is 20.1 Å². The van der Waals surface area contributed by atoms with Crippen LogP contribution in [0.15, 0.2) is 91.0 Å². The maximum absolute atomic E-state index is 10.9. The number of aliphatic hydroxyl groups is 1. The normalized spacial score (nSPS) is 24.9. The molecule has 2 saturated carbocycles. The number of hydrogen-bond acceptors (Lipinski definition) is 5. The van der Waals surface area contributed by atoms with Crippen LogP contribution in [0.3, 0.4) is 0 Å². The van der Waals surface area contributed by atoms with E-state index >= 15 is 0 Å². The topological polar surface area (TPSA) is 73.2 Å². The molecular weight excluding hydrogens is 606 g/mol. The quantitative estimate of drug-likeness (QED) is 0.148. The van der Waals surface area contributed by atoms with Gasteiger partial charge in [0, 0.05) is 13.1 Å². The van der Waals surface area contributed by atoms with E-state index in [1.54, 1.807) is 12.1 Å². The SMILES string of the molecule is CC/C(=C(\c1ccc(O)cc1)c1ccc(OCCN(C)Cc2cc(O)cc3c2[C@H]2CC[C@]4(C)[C@H](O)CC[C@H]4[C@@H]2CC3)cc1)c1ccccc1. The molecule has 5 atom stereocenters. The molecule has 7 rings (SSSR count). The summed E-state index contributed by atoms with van der Waals surface area (Å²) in [7, 11) is 2.14. The minimum absolute atomic E-state index is 0.0612. The zero-order chi connectivity index (χ0) is 34.1. The number of rotatable bonds is 10. The van der Waals surface area contributed by atoms with E-state index in [-0.39, 0.29) is 17.3 Å². The fraction of sp³-hybridized carbons (Fsp3) is 0.409.